The molecule has 182 valence electrons. The van der Waals surface area contributed by atoms with Crippen LogP contribution in [0, 0.1) is 24.6 Å². The summed E-state index contributed by atoms with van der Waals surface area (Å²) in [6.45, 7) is 1.76. The van der Waals surface area contributed by atoms with Crippen molar-refractivity contribution in [2.45, 2.75) is 39.2 Å². The summed E-state index contributed by atoms with van der Waals surface area (Å²) in [5.74, 6) is 0.634. The zero-order valence-corrected chi connectivity index (χ0v) is 20.0. The third kappa shape index (κ3) is 6.58. The average Bonchev–Trinajstić information content (AvgIpc) is 2.86. The van der Waals surface area contributed by atoms with E-state index in [1.165, 1.54) is 12.1 Å². The quantitative estimate of drug-likeness (QED) is 0.369. The van der Waals surface area contributed by atoms with Gasteiger partial charge in [-0.1, -0.05) is 60.7 Å². The van der Waals surface area contributed by atoms with E-state index in [0.717, 1.165) is 16.7 Å². The molecule has 0 radical (unpaired) electrons. The van der Waals surface area contributed by atoms with E-state index >= 15 is 0 Å². The van der Waals surface area contributed by atoms with Gasteiger partial charge in [-0.05, 0) is 67.0 Å². The SMILES string of the molecule is Cc1cc(F)c(CCC2CC(Cc3ccccc3)C(=O)C=C2OCO)cc1OCc1ccccc1. The maximum atomic E-state index is 14.8. The fourth-order valence-corrected chi connectivity index (χ4v) is 4.64. The van der Waals surface area contributed by atoms with Crippen molar-refractivity contribution in [3.63, 3.8) is 0 Å². The molecule has 0 bridgehead atoms. The zero-order valence-electron chi connectivity index (χ0n) is 20.0. The number of benzene rings is 3. The molecule has 0 saturated heterocycles. The van der Waals surface area contributed by atoms with Gasteiger partial charge in [0.15, 0.2) is 12.6 Å². The molecule has 0 saturated carbocycles. The van der Waals surface area contributed by atoms with Crippen LogP contribution in [0.25, 0.3) is 0 Å². The van der Waals surface area contributed by atoms with Crippen molar-refractivity contribution in [2.24, 2.45) is 11.8 Å². The fourth-order valence-electron chi connectivity index (χ4n) is 4.64. The number of halogens is 1. The minimum atomic E-state index is -0.491. The maximum Gasteiger partial charge on any atom is 0.185 e. The Morgan fingerprint density at radius 2 is 1.63 bits per heavy atom. The number of aliphatic hydroxyl groups is 1. The molecule has 2 unspecified atom stereocenters. The molecule has 0 spiro atoms. The van der Waals surface area contributed by atoms with Crippen LogP contribution in [0.1, 0.15) is 35.1 Å². The molecule has 35 heavy (non-hydrogen) atoms. The number of rotatable bonds is 10. The number of hydrogen-bond donors (Lipinski definition) is 1. The van der Waals surface area contributed by atoms with Gasteiger partial charge in [-0.2, -0.15) is 0 Å². The molecule has 1 aliphatic carbocycles. The number of carbonyl (C=O) groups is 1. The molecule has 0 aliphatic heterocycles. The number of ketones is 1. The first-order valence-corrected chi connectivity index (χ1v) is 12.0. The molecule has 3 aromatic carbocycles. The van der Waals surface area contributed by atoms with E-state index in [9.17, 15) is 14.3 Å². The second-order valence-electron chi connectivity index (χ2n) is 9.06. The van der Waals surface area contributed by atoms with Gasteiger partial charge in [-0.3, -0.25) is 4.79 Å². The van der Waals surface area contributed by atoms with Crippen LogP contribution in [0.5, 0.6) is 5.75 Å². The molecule has 0 amide bonds. The normalized spacial score (nSPS) is 17.7. The largest absolute Gasteiger partial charge is 0.489 e. The molecule has 0 heterocycles. The first-order valence-electron chi connectivity index (χ1n) is 12.0. The summed E-state index contributed by atoms with van der Waals surface area (Å²) in [4.78, 5) is 12.7. The van der Waals surface area contributed by atoms with Gasteiger partial charge in [0.25, 0.3) is 0 Å². The summed E-state index contributed by atoms with van der Waals surface area (Å²) in [6.07, 6.45) is 3.83. The number of hydrogen-bond acceptors (Lipinski definition) is 4. The number of aryl methyl sites for hydroxylation is 2. The van der Waals surface area contributed by atoms with E-state index in [4.69, 9.17) is 9.47 Å². The van der Waals surface area contributed by atoms with Crippen molar-refractivity contribution >= 4 is 5.78 Å². The zero-order chi connectivity index (χ0) is 24.6. The highest BCUT2D eigenvalue weighted by Crippen LogP contribution is 2.34. The second kappa shape index (κ2) is 11.8. The predicted octanol–water partition coefficient (Wildman–Crippen LogP) is 5.94. The Kier molecular flexibility index (Phi) is 8.32. The molecule has 5 heteroatoms. The Balaban J connectivity index is 1.46. The molecular weight excluding hydrogens is 443 g/mol. The van der Waals surface area contributed by atoms with Gasteiger partial charge in [0.2, 0.25) is 0 Å². The monoisotopic (exact) mass is 474 g/mol. The third-order valence-corrected chi connectivity index (χ3v) is 6.56. The van der Waals surface area contributed by atoms with Crippen molar-refractivity contribution in [3.05, 3.63) is 113 Å². The lowest BCUT2D eigenvalue weighted by molar-refractivity contribution is -0.120. The van der Waals surface area contributed by atoms with E-state index in [-0.39, 0.29) is 23.4 Å². The number of aliphatic hydroxyl groups excluding tert-OH is 1. The van der Waals surface area contributed by atoms with Crippen molar-refractivity contribution in [2.75, 3.05) is 6.79 Å². The molecule has 1 N–H and O–H groups in total. The number of allylic oxidation sites excluding steroid dienone is 2. The lowest BCUT2D eigenvalue weighted by atomic mass is 9.78. The van der Waals surface area contributed by atoms with Gasteiger partial charge in [-0.15, -0.1) is 0 Å². The highest BCUT2D eigenvalue weighted by Gasteiger charge is 2.31. The molecule has 2 atom stereocenters. The second-order valence-corrected chi connectivity index (χ2v) is 9.06. The Bertz CT molecular complexity index is 1160. The van der Waals surface area contributed by atoms with Crippen LogP contribution in [0.15, 0.2) is 84.6 Å². The van der Waals surface area contributed by atoms with Crippen LogP contribution >= 0.6 is 0 Å². The summed E-state index contributed by atoms with van der Waals surface area (Å²) in [5.41, 5.74) is 3.47. The van der Waals surface area contributed by atoms with Gasteiger partial charge >= 0.3 is 0 Å². The van der Waals surface area contributed by atoms with E-state index in [1.54, 1.807) is 6.07 Å². The summed E-state index contributed by atoms with van der Waals surface area (Å²) >= 11 is 0. The summed E-state index contributed by atoms with van der Waals surface area (Å²) in [6, 6.07) is 23.1. The van der Waals surface area contributed by atoms with E-state index < -0.39 is 6.79 Å². The standard InChI is InChI=1S/C30H31FO4/c1-21-14-27(31)24(17-29(21)34-19-23-10-6-3-7-11-23)12-13-25-16-26(15-22-8-4-2-5-9-22)28(33)18-30(25)35-20-32/h2-11,14,17-18,25-26,32H,12-13,15-16,19-20H2,1H3. The molecule has 1 aliphatic rings. The highest BCUT2D eigenvalue weighted by atomic mass is 19.1. The molecule has 3 aromatic rings. The van der Waals surface area contributed by atoms with Crippen LogP contribution in [-0.4, -0.2) is 17.7 Å². The van der Waals surface area contributed by atoms with E-state index in [0.29, 0.717) is 49.4 Å². The minimum Gasteiger partial charge on any atom is -0.489 e. The lowest BCUT2D eigenvalue weighted by Gasteiger charge is -2.29. The van der Waals surface area contributed by atoms with Gasteiger partial charge < -0.3 is 14.6 Å². The van der Waals surface area contributed by atoms with Crippen LogP contribution < -0.4 is 4.74 Å². The van der Waals surface area contributed by atoms with Crippen LogP contribution in [0.2, 0.25) is 0 Å². The topological polar surface area (TPSA) is 55.8 Å². The van der Waals surface area contributed by atoms with E-state index in [2.05, 4.69) is 0 Å². The maximum absolute atomic E-state index is 14.8. The predicted molar refractivity (Wildman–Crippen MR) is 133 cm³/mol. The van der Waals surface area contributed by atoms with Gasteiger partial charge in [0.05, 0.1) is 0 Å². The third-order valence-electron chi connectivity index (χ3n) is 6.56. The van der Waals surface area contributed by atoms with Crippen molar-refractivity contribution < 1.29 is 23.8 Å². The van der Waals surface area contributed by atoms with Crippen molar-refractivity contribution in [3.8, 4) is 5.75 Å². The summed E-state index contributed by atoms with van der Waals surface area (Å²) < 4.78 is 26.2. The Morgan fingerprint density at radius 1 is 0.943 bits per heavy atom. The molecule has 4 nitrogen and oxygen atoms in total. The summed E-state index contributed by atoms with van der Waals surface area (Å²) in [7, 11) is 0. The first kappa shape index (κ1) is 24.7. The number of ether oxygens (including phenoxy) is 2. The number of carbonyl (C=O) groups excluding carboxylic acids is 1. The Morgan fingerprint density at radius 3 is 2.31 bits per heavy atom. The van der Waals surface area contributed by atoms with Gasteiger partial charge in [0.1, 0.15) is 23.9 Å². The van der Waals surface area contributed by atoms with Crippen LogP contribution in [-0.2, 0) is 29.0 Å². The van der Waals surface area contributed by atoms with Crippen LogP contribution in [0.3, 0.4) is 0 Å². The lowest BCUT2D eigenvalue weighted by Crippen LogP contribution is -2.27. The van der Waals surface area contributed by atoms with Gasteiger partial charge in [-0.25, -0.2) is 4.39 Å². The van der Waals surface area contributed by atoms with E-state index in [1.807, 2.05) is 67.6 Å². The van der Waals surface area contributed by atoms with Crippen molar-refractivity contribution in [1.82, 2.24) is 0 Å². The molecule has 4 rings (SSSR count). The average molecular weight is 475 g/mol. The fraction of sp³-hybridized carbons (Fsp3) is 0.300. The van der Waals surface area contributed by atoms with Crippen molar-refractivity contribution in [1.29, 1.82) is 0 Å². The van der Waals surface area contributed by atoms with Gasteiger partial charge in [0, 0.05) is 17.9 Å². The first-order chi connectivity index (χ1) is 17.0. The summed E-state index contributed by atoms with van der Waals surface area (Å²) in [5, 5.41) is 9.32. The van der Waals surface area contributed by atoms with Crippen LogP contribution in [0.4, 0.5) is 4.39 Å². The molecule has 0 fully saturated rings. The molecule has 0 aromatic heterocycles. The molecular formula is C30H31FO4. The smallest absolute Gasteiger partial charge is 0.185 e. The minimum absolute atomic E-state index is 0.00617. The Labute approximate surface area is 206 Å². The highest BCUT2D eigenvalue weighted by molar-refractivity contribution is 5.93. The Hall–Kier alpha value is -3.44.